The van der Waals surface area contributed by atoms with E-state index in [2.05, 4.69) is 0 Å². The molecule has 0 saturated heterocycles. The summed E-state index contributed by atoms with van der Waals surface area (Å²) in [6.07, 6.45) is 1.13. The molecule has 0 amide bonds. The number of hydrogen-bond acceptors (Lipinski definition) is 2. The van der Waals surface area contributed by atoms with Crippen LogP contribution in [0.15, 0.2) is 12.1 Å². The third-order valence-electron chi connectivity index (χ3n) is 2.10. The van der Waals surface area contributed by atoms with Gasteiger partial charge in [-0.1, -0.05) is 6.92 Å². The minimum Gasteiger partial charge on any atom is -0.426 e. The third kappa shape index (κ3) is 3.05. The second-order valence-electron chi connectivity index (χ2n) is 3.59. The van der Waals surface area contributed by atoms with Crippen molar-refractivity contribution in [3.63, 3.8) is 0 Å². The molecular formula is C12H15FO2. The molecule has 82 valence electrons. The standard InChI is InChI=1S/C12H15FO2/c1-4-5-11(14)15-12-8(2)6-10(13)7-9(12)3/h6-7H,4-5H2,1-3H3. The van der Waals surface area contributed by atoms with Crippen molar-refractivity contribution in [3.8, 4) is 5.75 Å². The van der Waals surface area contributed by atoms with E-state index in [1.165, 1.54) is 12.1 Å². The lowest BCUT2D eigenvalue weighted by Crippen LogP contribution is -2.09. The molecule has 0 fully saturated rings. The Morgan fingerprint density at radius 3 is 2.33 bits per heavy atom. The highest BCUT2D eigenvalue weighted by atomic mass is 19.1. The topological polar surface area (TPSA) is 26.3 Å². The highest BCUT2D eigenvalue weighted by Crippen LogP contribution is 2.24. The largest absolute Gasteiger partial charge is 0.426 e. The van der Waals surface area contributed by atoms with E-state index in [-0.39, 0.29) is 11.8 Å². The fourth-order valence-corrected chi connectivity index (χ4v) is 1.43. The average Bonchev–Trinajstić information content (AvgIpc) is 2.11. The minimum atomic E-state index is -0.305. The van der Waals surface area contributed by atoms with E-state index in [9.17, 15) is 9.18 Å². The van der Waals surface area contributed by atoms with Gasteiger partial charge in [0.2, 0.25) is 0 Å². The van der Waals surface area contributed by atoms with Crippen LogP contribution in [0.4, 0.5) is 4.39 Å². The summed E-state index contributed by atoms with van der Waals surface area (Å²) < 4.78 is 18.1. The monoisotopic (exact) mass is 210 g/mol. The van der Waals surface area contributed by atoms with E-state index in [4.69, 9.17) is 4.74 Å². The zero-order valence-electron chi connectivity index (χ0n) is 9.26. The Balaban J connectivity index is 2.90. The third-order valence-corrected chi connectivity index (χ3v) is 2.10. The number of halogens is 1. The van der Waals surface area contributed by atoms with Crippen LogP contribution >= 0.6 is 0 Å². The SMILES string of the molecule is CCCC(=O)Oc1c(C)cc(F)cc1C. The molecule has 0 atom stereocenters. The van der Waals surface area contributed by atoms with Crippen molar-refractivity contribution in [3.05, 3.63) is 29.1 Å². The van der Waals surface area contributed by atoms with Gasteiger partial charge >= 0.3 is 5.97 Å². The van der Waals surface area contributed by atoms with Crippen molar-refractivity contribution in [2.75, 3.05) is 0 Å². The lowest BCUT2D eigenvalue weighted by molar-refractivity contribution is -0.134. The van der Waals surface area contributed by atoms with Gasteiger partial charge in [0, 0.05) is 6.42 Å². The molecule has 15 heavy (non-hydrogen) atoms. The van der Waals surface area contributed by atoms with Crippen LogP contribution in [0.3, 0.4) is 0 Å². The molecule has 0 saturated carbocycles. The van der Waals surface area contributed by atoms with Gasteiger partial charge in [-0.25, -0.2) is 4.39 Å². The fraction of sp³-hybridized carbons (Fsp3) is 0.417. The minimum absolute atomic E-state index is 0.268. The lowest BCUT2D eigenvalue weighted by atomic mass is 10.1. The maximum atomic E-state index is 13.0. The molecular weight excluding hydrogens is 195 g/mol. The van der Waals surface area contributed by atoms with Crippen LogP contribution in [0.5, 0.6) is 5.75 Å². The summed E-state index contributed by atoms with van der Waals surface area (Å²) in [4.78, 5) is 11.3. The molecule has 0 aliphatic heterocycles. The molecule has 0 spiro atoms. The van der Waals surface area contributed by atoms with Crippen LogP contribution in [0.1, 0.15) is 30.9 Å². The smallest absolute Gasteiger partial charge is 0.311 e. The van der Waals surface area contributed by atoms with Gasteiger partial charge in [0.25, 0.3) is 0 Å². The molecule has 0 aliphatic rings. The van der Waals surface area contributed by atoms with E-state index >= 15 is 0 Å². The highest BCUT2D eigenvalue weighted by molar-refractivity contribution is 5.73. The molecule has 0 aliphatic carbocycles. The molecule has 1 aromatic carbocycles. The number of aryl methyl sites for hydroxylation is 2. The number of rotatable bonds is 3. The summed E-state index contributed by atoms with van der Waals surface area (Å²) in [5.74, 6) is -0.0922. The molecule has 0 unspecified atom stereocenters. The Hall–Kier alpha value is -1.38. The van der Waals surface area contributed by atoms with E-state index < -0.39 is 0 Å². The van der Waals surface area contributed by atoms with Crippen molar-refractivity contribution < 1.29 is 13.9 Å². The van der Waals surface area contributed by atoms with Crippen LogP contribution in [0.2, 0.25) is 0 Å². The van der Waals surface area contributed by atoms with Gasteiger partial charge in [0.15, 0.2) is 0 Å². The first kappa shape index (κ1) is 11.7. The first-order chi connectivity index (χ1) is 7.04. The molecule has 1 rings (SSSR count). The summed E-state index contributed by atoms with van der Waals surface area (Å²) in [6.45, 7) is 5.36. The second kappa shape index (κ2) is 4.91. The highest BCUT2D eigenvalue weighted by Gasteiger charge is 2.10. The Morgan fingerprint density at radius 2 is 1.87 bits per heavy atom. The number of ether oxygens (including phenoxy) is 1. The fourth-order valence-electron chi connectivity index (χ4n) is 1.43. The van der Waals surface area contributed by atoms with Crippen molar-refractivity contribution in [2.45, 2.75) is 33.6 Å². The van der Waals surface area contributed by atoms with Crippen LogP contribution in [-0.4, -0.2) is 5.97 Å². The van der Waals surface area contributed by atoms with E-state index in [1.54, 1.807) is 13.8 Å². The molecule has 0 bridgehead atoms. The van der Waals surface area contributed by atoms with Crippen molar-refractivity contribution in [1.29, 1.82) is 0 Å². The molecule has 0 heterocycles. The molecule has 0 N–H and O–H groups in total. The quantitative estimate of drug-likeness (QED) is 0.566. The molecule has 0 radical (unpaired) electrons. The van der Waals surface area contributed by atoms with Gasteiger partial charge in [0.05, 0.1) is 0 Å². The van der Waals surface area contributed by atoms with Gasteiger partial charge < -0.3 is 4.74 Å². The lowest BCUT2D eigenvalue weighted by Gasteiger charge is -2.10. The molecule has 0 aromatic heterocycles. The summed E-state index contributed by atoms with van der Waals surface area (Å²) in [5.41, 5.74) is 1.30. The Labute approximate surface area is 89.1 Å². The zero-order chi connectivity index (χ0) is 11.4. The Morgan fingerprint density at radius 1 is 1.33 bits per heavy atom. The number of carbonyl (C=O) groups excluding carboxylic acids is 1. The Bertz CT molecular complexity index is 349. The van der Waals surface area contributed by atoms with Gasteiger partial charge in [-0.3, -0.25) is 4.79 Å². The van der Waals surface area contributed by atoms with E-state index in [1.807, 2.05) is 6.92 Å². The summed E-state index contributed by atoms with van der Waals surface area (Å²) >= 11 is 0. The Kier molecular flexibility index (Phi) is 3.83. The zero-order valence-corrected chi connectivity index (χ0v) is 9.26. The normalized spacial score (nSPS) is 10.1. The van der Waals surface area contributed by atoms with Gasteiger partial charge in [-0.05, 0) is 43.5 Å². The number of benzene rings is 1. The van der Waals surface area contributed by atoms with E-state index in [0.29, 0.717) is 23.3 Å². The van der Waals surface area contributed by atoms with Crippen LogP contribution in [0, 0.1) is 19.7 Å². The number of esters is 1. The van der Waals surface area contributed by atoms with Crippen LogP contribution < -0.4 is 4.74 Å². The van der Waals surface area contributed by atoms with Crippen LogP contribution in [0.25, 0.3) is 0 Å². The van der Waals surface area contributed by atoms with Crippen molar-refractivity contribution >= 4 is 5.97 Å². The van der Waals surface area contributed by atoms with Crippen molar-refractivity contribution in [1.82, 2.24) is 0 Å². The summed E-state index contributed by atoms with van der Waals surface area (Å²) in [6, 6.07) is 2.73. The average molecular weight is 210 g/mol. The first-order valence-electron chi connectivity index (χ1n) is 5.02. The van der Waals surface area contributed by atoms with Gasteiger partial charge in [-0.2, -0.15) is 0 Å². The molecule has 2 nitrogen and oxygen atoms in total. The first-order valence-corrected chi connectivity index (χ1v) is 5.02. The summed E-state index contributed by atoms with van der Waals surface area (Å²) in [7, 11) is 0. The predicted molar refractivity (Wildman–Crippen MR) is 56.4 cm³/mol. The number of carbonyl (C=O) groups is 1. The summed E-state index contributed by atoms with van der Waals surface area (Å²) in [5, 5.41) is 0. The molecule has 3 heteroatoms. The molecule has 1 aromatic rings. The van der Waals surface area contributed by atoms with Crippen LogP contribution in [-0.2, 0) is 4.79 Å². The van der Waals surface area contributed by atoms with Gasteiger partial charge in [0.1, 0.15) is 11.6 Å². The van der Waals surface area contributed by atoms with Crippen molar-refractivity contribution in [2.24, 2.45) is 0 Å². The van der Waals surface area contributed by atoms with Gasteiger partial charge in [-0.15, -0.1) is 0 Å². The number of hydrogen-bond donors (Lipinski definition) is 0. The predicted octanol–water partition coefficient (Wildman–Crippen LogP) is 3.15. The maximum absolute atomic E-state index is 13.0. The second-order valence-corrected chi connectivity index (χ2v) is 3.59. The van der Waals surface area contributed by atoms with E-state index in [0.717, 1.165) is 6.42 Å². The maximum Gasteiger partial charge on any atom is 0.311 e.